The van der Waals surface area contributed by atoms with Gasteiger partial charge in [-0.05, 0) is 38.5 Å². The molecule has 0 N–H and O–H groups in total. The second kappa shape index (κ2) is 35.4. The largest absolute Gasteiger partial charge is 0.379 e. The maximum atomic E-state index is 6.37. The number of nitrogens with zero attached hydrogens (tertiary/aromatic N) is 1. The molecule has 0 aromatic carbocycles. The van der Waals surface area contributed by atoms with Crippen LogP contribution in [0.2, 0.25) is 0 Å². The van der Waals surface area contributed by atoms with E-state index >= 15 is 0 Å². The van der Waals surface area contributed by atoms with Crippen LogP contribution in [0.4, 0.5) is 0 Å². The van der Waals surface area contributed by atoms with Gasteiger partial charge in [-0.1, -0.05) is 161 Å². The van der Waals surface area contributed by atoms with E-state index in [2.05, 4.69) is 30.9 Å². The quantitative estimate of drug-likeness (QED) is 0.0520. The van der Waals surface area contributed by atoms with Crippen LogP contribution in [0.3, 0.4) is 0 Å². The molecule has 1 heterocycles. The van der Waals surface area contributed by atoms with Crippen LogP contribution in [0.15, 0.2) is 12.2 Å². The van der Waals surface area contributed by atoms with Gasteiger partial charge in [0.2, 0.25) is 0 Å². The highest BCUT2D eigenvalue weighted by atomic mass is 16.5. The highest BCUT2D eigenvalue weighted by molar-refractivity contribution is 4.81. The van der Waals surface area contributed by atoms with E-state index in [0.29, 0.717) is 0 Å². The molecule has 1 rings (SSSR count). The summed E-state index contributed by atoms with van der Waals surface area (Å²) in [6, 6.07) is 0. The van der Waals surface area contributed by atoms with Gasteiger partial charge >= 0.3 is 0 Å². The predicted octanol–water partition coefficient (Wildman–Crippen LogP) is 11.8. The number of rotatable bonds is 35. The average Bonchev–Trinajstić information content (AvgIpc) is 3.04. The van der Waals surface area contributed by atoms with Crippen LogP contribution < -0.4 is 0 Å². The lowest BCUT2D eigenvalue weighted by molar-refractivity contribution is -0.0496. The Labute approximate surface area is 276 Å². The molecule has 1 atom stereocenters. The van der Waals surface area contributed by atoms with Gasteiger partial charge in [-0.25, -0.2) is 0 Å². The fourth-order valence-electron chi connectivity index (χ4n) is 6.26. The molecular formula is C40H79NO3. The summed E-state index contributed by atoms with van der Waals surface area (Å²) in [6.07, 6.45) is 42.0. The first-order chi connectivity index (χ1) is 21.9. The Morgan fingerprint density at radius 3 is 1.45 bits per heavy atom. The van der Waals surface area contributed by atoms with Gasteiger partial charge in [0.05, 0.1) is 25.9 Å². The van der Waals surface area contributed by atoms with E-state index in [1.165, 1.54) is 173 Å². The zero-order valence-corrected chi connectivity index (χ0v) is 30.2. The number of unbranched alkanes of at least 4 members (excludes halogenated alkanes) is 24. The van der Waals surface area contributed by atoms with Gasteiger partial charge in [0.1, 0.15) is 0 Å². The lowest BCUT2D eigenvalue weighted by Crippen LogP contribution is -2.43. The number of allylic oxidation sites excluding steroid dienone is 2. The summed E-state index contributed by atoms with van der Waals surface area (Å²) in [6.45, 7) is 11.8. The number of morpholine rings is 1. The van der Waals surface area contributed by atoms with E-state index in [4.69, 9.17) is 14.2 Å². The third-order valence-corrected chi connectivity index (χ3v) is 9.27. The molecule has 0 aromatic heterocycles. The summed E-state index contributed by atoms with van der Waals surface area (Å²) in [4.78, 5) is 2.49. The summed E-state index contributed by atoms with van der Waals surface area (Å²) >= 11 is 0. The second-order valence-corrected chi connectivity index (χ2v) is 13.7. The minimum absolute atomic E-state index is 0.196. The Kier molecular flexibility index (Phi) is 33.5. The Hall–Kier alpha value is -0.420. The van der Waals surface area contributed by atoms with Crippen molar-refractivity contribution in [1.82, 2.24) is 4.90 Å². The molecule has 262 valence electrons. The second-order valence-electron chi connectivity index (χ2n) is 13.7. The van der Waals surface area contributed by atoms with Crippen molar-refractivity contribution in [3.8, 4) is 0 Å². The minimum Gasteiger partial charge on any atom is -0.379 e. The predicted molar refractivity (Wildman–Crippen MR) is 193 cm³/mol. The SMILES string of the molecule is CCCCCC=CCCCCCCCCCCOCC(CN1CCOCC1)OCCCCCCCCCCCCCCCC. The first-order valence-corrected chi connectivity index (χ1v) is 20.0. The van der Waals surface area contributed by atoms with Crippen LogP contribution in [-0.4, -0.2) is 63.7 Å². The molecule has 0 amide bonds. The molecule has 0 saturated carbocycles. The van der Waals surface area contributed by atoms with E-state index in [-0.39, 0.29) is 6.10 Å². The van der Waals surface area contributed by atoms with Crippen molar-refractivity contribution in [2.75, 3.05) is 52.7 Å². The molecule has 1 saturated heterocycles. The third-order valence-electron chi connectivity index (χ3n) is 9.27. The molecule has 4 nitrogen and oxygen atoms in total. The highest BCUT2D eigenvalue weighted by Crippen LogP contribution is 2.14. The van der Waals surface area contributed by atoms with Crippen LogP contribution in [-0.2, 0) is 14.2 Å². The fraction of sp³-hybridized carbons (Fsp3) is 0.950. The molecular weight excluding hydrogens is 542 g/mol. The van der Waals surface area contributed by atoms with Crippen molar-refractivity contribution in [3.63, 3.8) is 0 Å². The van der Waals surface area contributed by atoms with Gasteiger partial charge in [0.25, 0.3) is 0 Å². The normalized spacial score (nSPS) is 15.0. The maximum absolute atomic E-state index is 6.37. The maximum Gasteiger partial charge on any atom is 0.0934 e. The molecule has 1 unspecified atom stereocenters. The molecule has 4 heteroatoms. The van der Waals surface area contributed by atoms with Crippen molar-refractivity contribution >= 4 is 0 Å². The summed E-state index contributed by atoms with van der Waals surface area (Å²) in [5.41, 5.74) is 0. The Morgan fingerprint density at radius 2 is 0.932 bits per heavy atom. The van der Waals surface area contributed by atoms with Crippen molar-refractivity contribution in [2.24, 2.45) is 0 Å². The van der Waals surface area contributed by atoms with Gasteiger partial charge in [0.15, 0.2) is 0 Å². The fourth-order valence-corrected chi connectivity index (χ4v) is 6.26. The first-order valence-electron chi connectivity index (χ1n) is 20.0. The molecule has 44 heavy (non-hydrogen) atoms. The Balaban J connectivity index is 1.97. The molecule has 1 aliphatic heterocycles. The lowest BCUT2D eigenvalue weighted by Gasteiger charge is -2.30. The zero-order chi connectivity index (χ0) is 31.4. The zero-order valence-electron chi connectivity index (χ0n) is 30.2. The van der Waals surface area contributed by atoms with Gasteiger partial charge in [0, 0.05) is 32.8 Å². The van der Waals surface area contributed by atoms with E-state index < -0.39 is 0 Å². The highest BCUT2D eigenvalue weighted by Gasteiger charge is 2.17. The third kappa shape index (κ3) is 30.2. The summed E-state index contributed by atoms with van der Waals surface area (Å²) < 4.78 is 18.1. The van der Waals surface area contributed by atoms with E-state index in [1.54, 1.807) is 0 Å². The monoisotopic (exact) mass is 622 g/mol. The van der Waals surface area contributed by atoms with Gasteiger partial charge in [-0.15, -0.1) is 0 Å². The Morgan fingerprint density at radius 1 is 0.523 bits per heavy atom. The number of hydrogen-bond donors (Lipinski definition) is 0. The summed E-state index contributed by atoms with van der Waals surface area (Å²) in [5.74, 6) is 0. The molecule has 1 fully saturated rings. The summed E-state index contributed by atoms with van der Waals surface area (Å²) in [5, 5.41) is 0. The van der Waals surface area contributed by atoms with E-state index in [0.717, 1.165) is 52.7 Å². The van der Waals surface area contributed by atoms with Crippen molar-refractivity contribution in [2.45, 2.75) is 193 Å². The van der Waals surface area contributed by atoms with Crippen molar-refractivity contribution in [3.05, 3.63) is 12.2 Å². The number of hydrogen-bond acceptors (Lipinski definition) is 4. The van der Waals surface area contributed by atoms with Crippen molar-refractivity contribution in [1.29, 1.82) is 0 Å². The molecule has 0 aliphatic carbocycles. The molecule has 0 radical (unpaired) electrons. The van der Waals surface area contributed by atoms with Crippen LogP contribution in [0, 0.1) is 0 Å². The van der Waals surface area contributed by atoms with Gasteiger partial charge < -0.3 is 14.2 Å². The average molecular weight is 622 g/mol. The van der Waals surface area contributed by atoms with E-state index in [1.807, 2.05) is 0 Å². The Bertz CT molecular complexity index is 563. The van der Waals surface area contributed by atoms with E-state index in [9.17, 15) is 0 Å². The summed E-state index contributed by atoms with van der Waals surface area (Å²) in [7, 11) is 0. The van der Waals surface area contributed by atoms with Crippen LogP contribution in [0.5, 0.6) is 0 Å². The standard InChI is InChI=1S/C40H79NO3/c1-3-5-7-9-11-13-15-17-19-20-22-24-26-28-30-34-43-39-40(38-41-32-36-42-37-33-41)44-35-31-29-27-25-23-21-18-16-14-12-10-8-6-4-2/h11,13,40H,3-10,12,14-39H2,1-2H3. The van der Waals surface area contributed by atoms with Crippen molar-refractivity contribution < 1.29 is 14.2 Å². The van der Waals surface area contributed by atoms with Crippen LogP contribution in [0.1, 0.15) is 187 Å². The van der Waals surface area contributed by atoms with Crippen LogP contribution >= 0.6 is 0 Å². The number of ether oxygens (including phenoxy) is 3. The molecule has 0 aromatic rings. The molecule has 0 spiro atoms. The smallest absolute Gasteiger partial charge is 0.0934 e. The molecule has 1 aliphatic rings. The lowest BCUT2D eigenvalue weighted by atomic mass is 10.0. The van der Waals surface area contributed by atoms with Gasteiger partial charge in [-0.3, -0.25) is 4.90 Å². The molecule has 0 bridgehead atoms. The topological polar surface area (TPSA) is 30.9 Å². The van der Waals surface area contributed by atoms with Crippen LogP contribution in [0.25, 0.3) is 0 Å². The first kappa shape index (κ1) is 41.6. The van der Waals surface area contributed by atoms with Gasteiger partial charge in [-0.2, -0.15) is 0 Å². The minimum atomic E-state index is 0.196.